The monoisotopic (exact) mass is 347 g/mol. The van der Waals surface area contributed by atoms with Crippen molar-refractivity contribution in [3.63, 3.8) is 0 Å². The Kier molecular flexibility index (Phi) is 4.11. The highest BCUT2D eigenvalue weighted by Gasteiger charge is 2.42. The molecule has 2 aliphatic heterocycles. The number of anilines is 2. The predicted octanol–water partition coefficient (Wildman–Crippen LogP) is 2.93. The molecule has 3 amide bonds. The summed E-state index contributed by atoms with van der Waals surface area (Å²) in [4.78, 5) is 24.0. The van der Waals surface area contributed by atoms with Gasteiger partial charge < -0.3 is 20.7 Å². The summed E-state index contributed by atoms with van der Waals surface area (Å²) in [6.45, 7) is 0.505. The van der Waals surface area contributed by atoms with Gasteiger partial charge in [0.1, 0.15) is 5.82 Å². The van der Waals surface area contributed by atoms with E-state index >= 15 is 0 Å². The molecule has 3 N–H and O–H groups in total. The standard InChI is InChI=1S/C18H22FN3O3/c19-12-7-11-3-4-15(23)22-16(11)14(8-12)21-17(24)20-13-9-18(25-10-13)5-1-2-6-18/h7-8,13H,1-6,9-10H2,(H,22,23)(H2,20,21,24)/t13-/m1/s1. The molecule has 25 heavy (non-hydrogen) atoms. The number of fused-ring (bicyclic) bond motifs is 1. The van der Waals surface area contributed by atoms with E-state index in [0.29, 0.717) is 30.7 Å². The van der Waals surface area contributed by atoms with Crippen LogP contribution in [0.15, 0.2) is 12.1 Å². The Morgan fingerprint density at radius 3 is 2.88 bits per heavy atom. The van der Waals surface area contributed by atoms with Crippen LogP contribution < -0.4 is 16.0 Å². The van der Waals surface area contributed by atoms with E-state index in [1.165, 1.54) is 25.0 Å². The maximum absolute atomic E-state index is 13.8. The van der Waals surface area contributed by atoms with Gasteiger partial charge in [0, 0.05) is 6.42 Å². The smallest absolute Gasteiger partial charge is 0.319 e. The van der Waals surface area contributed by atoms with Crippen LogP contribution in [0, 0.1) is 5.82 Å². The first-order valence-corrected chi connectivity index (χ1v) is 8.87. The summed E-state index contributed by atoms with van der Waals surface area (Å²) in [5.74, 6) is -0.561. The average Bonchev–Trinajstić information content (AvgIpc) is 3.18. The van der Waals surface area contributed by atoms with Crippen molar-refractivity contribution in [2.75, 3.05) is 17.2 Å². The Morgan fingerprint density at radius 2 is 2.08 bits per heavy atom. The van der Waals surface area contributed by atoms with Crippen LogP contribution in [-0.4, -0.2) is 30.2 Å². The summed E-state index contributed by atoms with van der Waals surface area (Å²) >= 11 is 0. The number of carbonyl (C=O) groups is 2. The van der Waals surface area contributed by atoms with Gasteiger partial charge in [0.2, 0.25) is 5.91 Å². The van der Waals surface area contributed by atoms with E-state index in [-0.39, 0.29) is 23.2 Å². The number of halogens is 1. The number of benzene rings is 1. The third-order valence-electron chi connectivity index (χ3n) is 5.38. The van der Waals surface area contributed by atoms with Crippen molar-refractivity contribution in [3.8, 4) is 0 Å². The maximum Gasteiger partial charge on any atom is 0.319 e. The molecule has 134 valence electrons. The van der Waals surface area contributed by atoms with Crippen LogP contribution in [0.25, 0.3) is 0 Å². The van der Waals surface area contributed by atoms with E-state index in [2.05, 4.69) is 16.0 Å². The van der Waals surface area contributed by atoms with Crippen molar-refractivity contribution in [1.82, 2.24) is 5.32 Å². The molecule has 1 aromatic rings. The van der Waals surface area contributed by atoms with Crippen LogP contribution >= 0.6 is 0 Å². The lowest BCUT2D eigenvalue weighted by Gasteiger charge is -2.22. The van der Waals surface area contributed by atoms with Crippen LogP contribution in [0.3, 0.4) is 0 Å². The van der Waals surface area contributed by atoms with E-state index in [1.807, 2.05) is 0 Å². The van der Waals surface area contributed by atoms with Gasteiger partial charge in [-0.15, -0.1) is 0 Å². The van der Waals surface area contributed by atoms with Gasteiger partial charge in [-0.25, -0.2) is 9.18 Å². The van der Waals surface area contributed by atoms with Crippen LogP contribution in [0.1, 0.15) is 44.1 Å². The van der Waals surface area contributed by atoms with Crippen molar-refractivity contribution in [3.05, 3.63) is 23.5 Å². The molecule has 6 nitrogen and oxygen atoms in total. The van der Waals surface area contributed by atoms with Crippen molar-refractivity contribution < 1.29 is 18.7 Å². The topological polar surface area (TPSA) is 79.5 Å². The molecule has 7 heteroatoms. The zero-order valence-corrected chi connectivity index (χ0v) is 14.0. The lowest BCUT2D eigenvalue weighted by atomic mass is 9.96. The van der Waals surface area contributed by atoms with Gasteiger partial charge in [-0.05, 0) is 43.4 Å². The molecule has 1 saturated heterocycles. The van der Waals surface area contributed by atoms with Crippen molar-refractivity contribution in [2.24, 2.45) is 0 Å². The van der Waals surface area contributed by atoms with Crippen LogP contribution in [0.2, 0.25) is 0 Å². The number of rotatable bonds is 2. The molecular weight excluding hydrogens is 325 g/mol. The van der Waals surface area contributed by atoms with Gasteiger partial charge in [-0.1, -0.05) is 12.8 Å². The average molecular weight is 347 g/mol. The maximum atomic E-state index is 13.8. The number of ether oxygens (including phenoxy) is 1. The molecule has 0 unspecified atom stereocenters. The third-order valence-corrected chi connectivity index (χ3v) is 5.38. The Bertz CT molecular complexity index is 716. The molecule has 1 atom stereocenters. The first kappa shape index (κ1) is 16.3. The van der Waals surface area contributed by atoms with Gasteiger partial charge in [0.15, 0.2) is 0 Å². The van der Waals surface area contributed by atoms with E-state index in [0.717, 1.165) is 19.3 Å². The summed E-state index contributed by atoms with van der Waals surface area (Å²) < 4.78 is 19.7. The second-order valence-electron chi connectivity index (χ2n) is 7.24. The van der Waals surface area contributed by atoms with Crippen molar-refractivity contribution in [1.29, 1.82) is 0 Å². The van der Waals surface area contributed by atoms with Gasteiger partial charge in [0.05, 0.1) is 29.6 Å². The molecule has 1 saturated carbocycles. The van der Waals surface area contributed by atoms with Gasteiger partial charge >= 0.3 is 6.03 Å². The quantitative estimate of drug-likeness (QED) is 0.769. The molecule has 2 heterocycles. The Balaban J connectivity index is 1.43. The number of urea groups is 1. The molecule has 0 bridgehead atoms. The highest BCUT2D eigenvalue weighted by molar-refractivity contribution is 6.01. The minimum absolute atomic E-state index is 0.0444. The summed E-state index contributed by atoms with van der Waals surface area (Å²) in [5.41, 5.74) is 1.41. The first-order chi connectivity index (χ1) is 12.0. The second kappa shape index (κ2) is 6.29. The zero-order valence-electron chi connectivity index (χ0n) is 14.0. The number of amides is 3. The Hall–Kier alpha value is -2.15. The molecular formula is C18H22FN3O3. The molecule has 0 radical (unpaired) electrons. The second-order valence-corrected chi connectivity index (χ2v) is 7.24. The van der Waals surface area contributed by atoms with Crippen LogP contribution in [-0.2, 0) is 16.0 Å². The number of nitrogens with one attached hydrogen (secondary N) is 3. The molecule has 2 fully saturated rings. The van der Waals surface area contributed by atoms with Crippen molar-refractivity contribution >= 4 is 23.3 Å². The van der Waals surface area contributed by atoms with E-state index in [1.54, 1.807) is 0 Å². The fourth-order valence-corrected chi connectivity index (χ4v) is 4.21. The third kappa shape index (κ3) is 3.33. The Morgan fingerprint density at radius 1 is 1.28 bits per heavy atom. The minimum Gasteiger partial charge on any atom is -0.373 e. The number of hydrogen-bond donors (Lipinski definition) is 3. The first-order valence-electron chi connectivity index (χ1n) is 8.87. The summed E-state index contributed by atoms with van der Waals surface area (Å²) in [6.07, 6.45) is 6.06. The lowest BCUT2D eigenvalue weighted by Crippen LogP contribution is -2.39. The van der Waals surface area contributed by atoms with Crippen LogP contribution in [0.4, 0.5) is 20.6 Å². The van der Waals surface area contributed by atoms with Crippen molar-refractivity contribution in [2.45, 2.75) is 56.6 Å². The number of carbonyl (C=O) groups excluding carboxylic acids is 2. The van der Waals surface area contributed by atoms with Crippen LogP contribution in [0.5, 0.6) is 0 Å². The SMILES string of the molecule is O=C1CCc2cc(F)cc(NC(=O)N[C@H]3COC4(CCCC4)C3)c2N1. The minimum atomic E-state index is -0.431. The highest BCUT2D eigenvalue weighted by atomic mass is 19.1. The Labute approximate surface area is 145 Å². The fourth-order valence-electron chi connectivity index (χ4n) is 4.21. The lowest BCUT2D eigenvalue weighted by molar-refractivity contribution is -0.116. The highest BCUT2D eigenvalue weighted by Crippen LogP contribution is 2.41. The van der Waals surface area contributed by atoms with Gasteiger partial charge in [-0.3, -0.25) is 4.79 Å². The molecule has 1 aliphatic carbocycles. The summed E-state index contributed by atoms with van der Waals surface area (Å²) in [6, 6.07) is 2.17. The van der Waals surface area contributed by atoms with E-state index < -0.39 is 11.8 Å². The molecule has 0 aromatic heterocycles. The van der Waals surface area contributed by atoms with Gasteiger partial charge in [-0.2, -0.15) is 0 Å². The number of hydrogen-bond acceptors (Lipinski definition) is 3. The van der Waals surface area contributed by atoms with Gasteiger partial charge in [0.25, 0.3) is 0 Å². The van der Waals surface area contributed by atoms with E-state index in [4.69, 9.17) is 4.74 Å². The molecule has 1 spiro atoms. The summed E-state index contributed by atoms with van der Waals surface area (Å²) in [5, 5.41) is 8.30. The summed E-state index contributed by atoms with van der Waals surface area (Å²) in [7, 11) is 0. The fraction of sp³-hybridized carbons (Fsp3) is 0.556. The molecule has 3 aliphatic rings. The number of aryl methyl sites for hydroxylation is 1. The predicted molar refractivity (Wildman–Crippen MR) is 91.1 cm³/mol. The normalized spacial score (nSPS) is 24.0. The largest absolute Gasteiger partial charge is 0.373 e. The van der Waals surface area contributed by atoms with E-state index in [9.17, 15) is 14.0 Å². The zero-order chi connectivity index (χ0) is 17.4. The molecule has 1 aromatic carbocycles. The molecule has 4 rings (SSSR count).